The zero-order valence-corrected chi connectivity index (χ0v) is 13.8. The fourth-order valence-electron chi connectivity index (χ4n) is 1.90. The SMILES string of the molecule is CN(C)c1ccc(Cl)cc1NC(=O)c1c(F)cccc1Br. The first-order valence-electron chi connectivity index (χ1n) is 6.12. The molecule has 0 spiro atoms. The Morgan fingerprint density at radius 1 is 1.29 bits per heavy atom. The Bertz CT molecular complexity index is 671. The number of nitrogens with one attached hydrogen (secondary N) is 1. The third-order valence-corrected chi connectivity index (χ3v) is 3.77. The van der Waals surface area contributed by atoms with Gasteiger partial charge in [0.05, 0.1) is 16.9 Å². The summed E-state index contributed by atoms with van der Waals surface area (Å²) in [6, 6.07) is 9.53. The maximum absolute atomic E-state index is 13.8. The van der Waals surface area contributed by atoms with E-state index in [0.29, 0.717) is 15.2 Å². The Labute approximate surface area is 135 Å². The van der Waals surface area contributed by atoms with E-state index in [2.05, 4.69) is 21.2 Å². The molecular weight excluding hydrogens is 359 g/mol. The van der Waals surface area contributed by atoms with Crippen molar-refractivity contribution in [2.45, 2.75) is 0 Å². The van der Waals surface area contributed by atoms with Crippen LogP contribution in [0.25, 0.3) is 0 Å². The standard InChI is InChI=1S/C15H13BrClFN2O/c1-20(2)13-7-6-9(17)8-12(13)19-15(21)14-10(16)4-3-5-11(14)18/h3-8H,1-2H3,(H,19,21). The highest BCUT2D eigenvalue weighted by molar-refractivity contribution is 9.10. The lowest BCUT2D eigenvalue weighted by molar-refractivity contribution is 0.102. The smallest absolute Gasteiger partial charge is 0.259 e. The van der Waals surface area contributed by atoms with E-state index in [1.807, 2.05) is 19.0 Å². The molecule has 2 rings (SSSR count). The minimum Gasteiger partial charge on any atom is -0.376 e. The predicted octanol–water partition coefficient (Wildman–Crippen LogP) is 4.56. The normalized spacial score (nSPS) is 10.3. The Balaban J connectivity index is 2.38. The zero-order valence-electron chi connectivity index (χ0n) is 11.5. The molecule has 0 bridgehead atoms. The summed E-state index contributed by atoms with van der Waals surface area (Å²) in [5, 5.41) is 3.18. The average Bonchev–Trinajstić information content (AvgIpc) is 2.38. The van der Waals surface area contributed by atoms with Gasteiger partial charge in [-0.3, -0.25) is 4.79 Å². The summed E-state index contributed by atoms with van der Waals surface area (Å²) in [4.78, 5) is 14.1. The van der Waals surface area contributed by atoms with E-state index in [0.717, 1.165) is 5.69 Å². The van der Waals surface area contributed by atoms with Gasteiger partial charge >= 0.3 is 0 Å². The van der Waals surface area contributed by atoms with E-state index >= 15 is 0 Å². The summed E-state index contributed by atoms with van der Waals surface area (Å²) in [6.45, 7) is 0. The van der Waals surface area contributed by atoms with Gasteiger partial charge in [-0.1, -0.05) is 17.7 Å². The highest BCUT2D eigenvalue weighted by Gasteiger charge is 2.17. The molecule has 6 heteroatoms. The van der Waals surface area contributed by atoms with E-state index in [4.69, 9.17) is 11.6 Å². The van der Waals surface area contributed by atoms with Crippen LogP contribution < -0.4 is 10.2 Å². The van der Waals surface area contributed by atoms with Crippen LogP contribution in [0.2, 0.25) is 5.02 Å². The Kier molecular flexibility index (Phi) is 4.85. The number of benzene rings is 2. The lowest BCUT2D eigenvalue weighted by atomic mass is 10.2. The number of hydrogen-bond donors (Lipinski definition) is 1. The van der Waals surface area contributed by atoms with Crippen molar-refractivity contribution in [2.75, 3.05) is 24.3 Å². The van der Waals surface area contributed by atoms with E-state index in [1.54, 1.807) is 24.3 Å². The highest BCUT2D eigenvalue weighted by atomic mass is 79.9. The summed E-state index contributed by atoms with van der Waals surface area (Å²) >= 11 is 9.15. The number of halogens is 3. The van der Waals surface area contributed by atoms with Crippen molar-refractivity contribution in [1.82, 2.24) is 0 Å². The molecule has 2 aromatic carbocycles. The largest absolute Gasteiger partial charge is 0.376 e. The summed E-state index contributed by atoms with van der Waals surface area (Å²) < 4.78 is 14.2. The maximum atomic E-state index is 13.8. The summed E-state index contributed by atoms with van der Waals surface area (Å²) in [7, 11) is 3.69. The second kappa shape index (κ2) is 6.45. The second-order valence-electron chi connectivity index (χ2n) is 4.61. The van der Waals surface area contributed by atoms with Gasteiger partial charge in [-0.25, -0.2) is 4.39 Å². The molecule has 2 aromatic rings. The minimum atomic E-state index is -0.588. The first-order valence-corrected chi connectivity index (χ1v) is 7.29. The van der Waals surface area contributed by atoms with Gasteiger partial charge in [0.25, 0.3) is 5.91 Å². The molecule has 0 radical (unpaired) electrons. The van der Waals surface area contributed by atoms with Crippen LogP contribution in [0.5, 0.6) is 0 Å². The number of carbonyl (C=O) groups excluding carboxylic acids is 1. The molecular formula is C15H13BrClFN2O. The maximum Gasteiger partial charge on any atom is 0.259 e. The van der Waals surface area contributed by atoms with Crippen LogP contribution in [0, 0.1) is 5.82 Å². The van der Waals surface area contributed by atoms with Gasteiger partial charge in [0, 0.05) is 23.6 Å². The Hall–Kier alpha value is -1.59. The second-order valence-corrected chi connectivity index (χ2v) is 5.90. The topological polar surface area (TPSA) is 32.3 Å². The van der Waals surface area contributed by atoms with Crippen LogP contribution >= 0.6 is 27.5 Å². The molecule has 0 fully saturated rings. The molecule has 0 aliphatic rings. The molecule has 0 unspecified atom stereocenters. The van der Waals surface area contributed by atoms with Crippen molar-refractivity contribution in [3.8, 4) is 0 Å². The Morgan fingerprint density at radius 3 is 2.62 bits per heavy atom. The van der Waals surface area contributed by atoms with Crippen LogP contribution in [0.3, 0.4) is 0 Å². The quantitative estimate of drug-likeness (QED) is 0.858. The van der Waals surface area contributed by atoms with Crippen LogP contribution in [-0.4, -0.2) is 20.0 Å². The lowest BCUT2D eigenvalue weighted by Gasteiger charge is -2.18. The molecule has 1 amide bonds. The molecule has 0 saturated heterocycles. The molecule has 0 aromatic heterocycles. The van der Waals surface area contributed by atoms with E-state index in [9.17, 15) is 9.18 Å². The number of nitrogens with zero attached hydrogens (tertiary/aromatic N) is 1. The van der Waals surface area contributed by atoms with Gasteiger partial charge < -0.3 is 10.2 Å². The van der Waals surface area contributed by atoms with E-state index in [-0.39, 0.29) is 5.56 Å². The number of anilines is 2. The van der Waals surface area contributed by atoms with Gasteiger partial charge in [-0.2, -0.15) is 0 Å². The first-order chi connectivity index (χ1) is 9.90. The third kappa shape index (κ3) is 3.54. The molecule has 1 N–H and O–H groups in total. The number of amides is 1. The molecule has 0 aliphatic carbocycles. The van der Waals surface area contributed by atoms with Crippen LogP contribution in [0.15, 0.2) is 40.9 Å². The van der Waals surface area contributed by atoms with Crippen molar-refractivity contribution < 1.29 is 9.18 Å². The van der Waals surface area contributed by atoms with E-state index < -0.39 is 11.7 Å². The zero-order chi connectivity index (χ0) is 15.6. The van der Waals surface area contributed by atoms with Crippen molar-refractivity contribution in [3.63, 3.8) is 0 Å². The molecule has 0 saturated carbocycles. The first kappa shape index (κ1) is 15.8. The van der Waals surface area contributed by atoms with Crippen LogP contribution in [-0.2, 0) is 0 Å². The van der Waals surface area contributed by atoms with Crippen LogP contribution in [0.1, 0.15) is 10.4 Å². The molecule has 21 heavy (non-hydrogen) atoms. The van der Waals surface area contributed by atoms with Crippen LogP contribution in [0.4, 0.5) is 15.8 Å². The molecule has 0 aliphatic heterocycles. The van der Waals surface area contributed by atoms with Gasteiger partial charge in [0.2, 0.25) is 0 Å². The number of hydrogen-bond acceptors (Lipinski definition) is 2. The van der Waals surface area contributed by atoms with Gasteiger partial charge in [-0.15, -0.1) is 0 Å². The van der Waals surface area contributed by atoms with Gasteiger partial charge in [-0.05, 0) is 46.3 Å². The van der Waals surface area contributed by atoms with Gasteiger partial charge in [0.1, 0.15) is 5.82 Å². The average molecular weight is 372 g/mol. The van der Waals surface area contributed by atoms with Crippen molar-refractivity contribution in [2.24, 2.45) is 0 Å². The number of carbonyl (C=O) groups is 1. The third-order valence-electron chi connectivity index (χ3n) is 2.88. The summed E-state index contributed by atoms with van der Waals surface area (Å²) in [5.41, 5.74) is 1.26. The molecule has 110 valence electrons. The highest BCUT2D eigenvalue weighted by Crippen LogP contribution is 2.29. The molecule has 0 heterocycles. The summed E-state index contributed by atoms with van der Waals surface area (Å²) in [5.74, 6) is -1.12. The monoisotopic (exact) mass is 370 g/mol. The predicted molar refractivity (Wildman–Crippen MR) is 87.8 cm³/mol. The molecule has 0 atom stereocenters. The fourth-order valence-corrected chi connectivity index (χ4v) is 2.59. The van der Waals surface area contributed by atoms with Gasteiger partial charge in [0.15, 0.2) is 0 Å². The lowest BCUT2D eigenvalue weighted by Crippen LogP contribution is -2.18. The number of rotatable bonds is 3. The summed E-state index contributed by atoms with van der Waals surface area (Å²) in [6.07, 6.45) is 0. The van der Waals surface area contributed by atoms with E-state index in [1.165, 1.54) is 12.1 Å². The van der Waals surface area contributed by atoms with Crippen molar-refractivity contribution >= 4 is 44.8 Å². The van der Waals surface area contributed by atoms with Crippen molar-refractivity contribution in [3.05, 3.63) is 57.3 Å². The fraction of sp³-hybridized carbons (Fsp3) is 0.133. The Morgan fingerprint density at radius 2 is 2.00 bits per heavy atom. The molecule has 3 nitrogen and oxygen atoms in total. The minimum absolute atomic E-state index is 0.0396. The van der Waals surface area contributed by atoms with Crippen molar-refractivity contribution in [1.29, 1.82) is 0 Å².